The van der Waals surface area contributed by atoms with Crippen molar-refractivity contribution in [1.82, 2.24) is 4.90 Å². The molecule has 1 heterocycles. The molecule has 0 amide bonds. The lowest BCUT2D eigenvalue weighted by molar-refractivity contribution is -0.0529. The first-order chi connectivity index (χ1) is 11.2. The first-order valence-electron chi connectivity index (χ1n) is 9.39. The Balaban J connectivity index is 1.75. The standard InChI is InChI=1S/C20H30FNO/c21-19-11-9-18(10-12-19)20(23,17-7-3-1-4-8-17)13-16-22-14-5-2-6-15-22/h9-12,17,23H,1-8,13-16H2/i21-1. The third kappa shape index (κ3) is 4.13. The SMILES string of the molecule is OC(CCN1CCCCC1)(c1ccc([18F])cc1)C1CCCCC1. The lowest BCUT2D eigenvalue weighted by atomic mass is 9.71. The smallest absolute Gasteiger partial charge is 0.123 e. The van der Waals surface area contributed by atoms with Crippen molar-refractivity contribution in [3.05, 3.63) is 35.6 Å². The van der Waals surface area contributed by atoms with Crippen molar-refractivity contribution in [1.29, 1.82) is 0 Å². The molecule has 128 valence electrons. The highest BCUT2D eigenvalue weighted by Gasteiger charge is 2.39. The molecule has 2 aliphatic rings. The van der Waals surface area contributed by atoms with Crippen molar-refractivity contribution < 1.29 is 9.50 Å². The van der Waals surface area contributed by atoms with Crippen LogP contribution in [0.25, 0.3) is 0 Å². The molecule has 23 heavy (non-hydrogen) atoms. The van der Waals surface area contributed by atoms with E-state index in [1.54, 1.807) is 12.1 Å². The first kappa shape index (κ1) is 16.9. The van der Waals surface area contributed by atoms with Gasteiger partial charge in [-0.05, 0) is 68.8 Å². The van der Waals surface area contributed by atoms with E-state index in [2.05, 4.69) is 4.90 Å². The molecule has 1 aromatic rings. The maximum absolute atomic E-state index is 13.3. The fourth-order valence-corrected chi connectivity index (χ4v) is 4.41. The highest BCUT2D eigenvalue weighted by Crippen LogP contribution is 2.42. The quantitative estimate of drug-likeness (QED) is 0.866. The maximum atomic E-state index is 13.3. The molecular weight excluding hydrogens is 288 g/mol. The summed E-state index contributed by atoms with van der Waals surface area (Å²) in [6.45, 7) is 3.26. The summed E-state index contributed by atoms with van der Waals surface area (Å²) in [6, 6.07) is 6.56. The van der Waals surface area contributed by atoms with Crippen LogP contribution < -0.4 is 0 Å². The molecule has 0 bridgehead atoms. The van der Waals surface area contributed by atoms with Gasteiger partial charge in [-0.2, -0.15) is 0 Å². The topological polar surface area (TPSA) is 23.5 Å². The van der Waals surface area contributed by atoms with Crippen LogP contribution in [0, 0.1) is 11.7 Å². The van der Waals surface area contributed by atoms with Crippen molar-refractivity contribution >= 4 is 0 Å². The Morgan fingerprint density at radius 2 is 1.57 bits per heavy atom. The van der Waals surface area contributed by atoms with Gasteiger partial charge < -0.3 is 10.0 Å². The number of benzene rings is 1. The summed E-state index contributed by atoms with van der Waals surface area (Å²) in [5.41, 5.74) is 0.105. The number of rotatable bonds is 5. The van der Waals surface area contributed by atoms with Gasteiger partial charge in [0.1, 0.15) is 5.82 Å². The number of halogens is 1. The van der Waals surface area contributed by atoms with Crippen molar-refractivity contribution in [3.8, 4) is 0 Å². The Labute approximate surface area is 139 Å². The molecular formula is C20H30FNO. The first-order valence-corrected chi connectivity index (χ1v) is 9.39. The highest BCUT2D eigenvalue weighted by atomic mass is 18.2. The van der Waals surface area contributed by atoms with Crippen molar-refractivity contribution in [3.63, 3.8) is 0 Å². The second-order valence-electron chi connectivity index (χ2n) is 7.42. The Hall–Kier alpha value is -0.930. The van der Waals surface area contributed by atoms with E-state index in [1.807, 2.05) is 0 Å². The minimum absolute atomic E-state index is 0.226. The predicted molar refractivity (Wildman–Crippen MR) is 91.8 cm³/mol. The highest BCUT2D eigenvalue weighted by molar-refractivity contribution is 5.24. The van der Waals surface area contributed by atoms with Crippen LogP contribution in [0.15, 0.2) is 24.3 Å². The molecule has 1 atom stereocenters. The van der Waals surface area contributed by atoms with E-state index < -0.39 is 5.60 Å². The Morgan fingerprint density at radius 1 is 0.957 bits per heavy atom. The van der Waals surface area contributed by atoms with Gasteiger partial charge in [-0.15, -0.1) is 0 Å². The zero-order chi connectivity index (χ0) is 16.1. The molecule has 3 rings (SSSR count). The molecule has 2 nitrogen and oxygen atoms in total. The van der Waals surface area contributed by atoms with Crippen LogP contribution in [0.2, 0.25) is 0 Å². The van der Waals surface area contributed by atoms with Gasteiger partial charge in [0.15, 0.2) is 0 Å². The summed E-state index contributed by atoms with van der Waals surface area (Å²) >= 11 is 0. The van der Waals surface area contributed by atoms with Gasteiger partial charge in [-0.1, -0.05) is 37.8 Å². The molecule has 1 N–H and O–H groups in total. The van der Waals surface area contributed by atoms with Gasteiger partial charge in [0.05, 0.1) is 5.60 Å². The summed E-state index contributed by atoms with van der Waals surface area (Å²) in [5, 5.41) is 11.6. The average molecular weight is 318 g/mol. The van der Waals surface area contributed by atoms with E-state index in [-0.39, 0.29) is 5.82 Å². The third-order valence-electron chi connectivity index (χ3n) is 5.88. The molecule has 1 saturated carbocycles. The summed E-state index contributed by atoms with van der Waals surface area (Å²) in [4.78, 5) is 2.49. The molecule has 0 spiro atoms. The van der Waals surface area contributed by atoms with Crippen LogP contribution in [0.5, 0.6) is 0 Å². The summed E-state index contributed by atoms with van der Waals surface area (Å²) in [5.74, 6) is 0.0854. The van der Waals surface area contributed by atoms with E-state index in [1.165, 1.54) is 50.7 Å². The van der Waals surface area contributed by atoms with Crippen LogP contribution in [-0.2, 0) is 5.60 Å². The van der Waals surface area contributed by atoms with Gasteiger partial charge in [-0.3, -0.25) is 0 Å². The summed E-state index contributed by atoms with van der Waals surface area (Å²) < 4.78 is 13.3. The van der Waals surface area contributed by atoms with E-state index >= 15 is 0 Å². The van der Waals surface area contributed by atoms with Crippen LogP contribution in [0.1, 0.15) is 63.4 Å². The number of likely N-dealkylation sites (tertiary alicyclic amines) is 1. The lowest BCUT2D eigenvalue weighted by Crippen LogP contribution is -2.41. The van der Waals surface area contributed by atoms with E-state index in [9.17, 15) is 9.50 Å². The second-order valence-corrected chi connectivity index (χ2v) is 7.42. The molecule has 0 aromatic heterocycles. The maximum Gasteiger partial charge on any atom is 0.123 e. The number of hydrogen-bond donors (Lipinski definition) is 1. The molecule has 1 aliphatic heterocycles. The fraction of sp³-hybridized carbons (Fsp3) is 0.700. The fourth-order valence-electron chi connectivity index (χ4n) is 4.41. The van der Waals surface area contributed by atoms with E-state index in [0.717, 1.165) is 44.5 Å². The van der Waals surface area contributed by atoms with Crippen molar-refractivity contribution in [2.45, 2.75) is 63.4 Å². The minimum Gasteiger partial charge on any atom is -0.385 e. The van der Waals surface area contributed by atoms with Crippen LogP contribution in [0.3, 0.4) is 0 Å². The monoisotopic (exact) mass is 318 g/mol. The average Bonchev–Trinajstić information content (AvgIpc) is 2.62. The largest absolute Gasteiger partial charge is 0.385 e. The van der Waals surface area contributed by atoms with Gasteiger partial charge >= 0.3 is 0 Å². The number of hydrogen-bond acceptors (Lipinski definition) is 2. The normalized spacial score (nSPS) is 23.6. The molecule has 1 unspecified atom stereocenters. The summed E-state index contributed by atoms with van der Waals surface area (Å²) in [6.07, 6.45) is 10.5. The third-order valence-corrected chi connectivity index (χ3v) is 5.88. The zero-order valence-corrected chi connectivity index (χ0v) is 14.1. The second kappa shape index (κ2) is 7.76. The molecule has 3 heteroatoms. The number of nitrogens with zero attached hydrogens (tertiary/aromatic N) is 1. The van der Waals surface area contributed by atoms with Gasteiger partial charge in [0.2, 0.25) is 0 Å². The van der Waals surface area contributed by atoms with Crippen molar-refractivity contribution in [2.24, 2.45) is 5.92 Å². The Kier molecular flexibility index (Phi) is 5.71. The number of piperidine rings is 1. The van der Waals surface area contributed by atoms with E-state index in [0.29, 0.717) is 5.92 Å². The predicted octanol–water partition coefficient (Wildman–Crippen LogP) is 4.47. The van der Waals surface area contributed by atoms with Gasteiger partial charge in [0.25, 0.3) is 0 Å². The zero-order valence-electron chi connectivity index (χ0n) is 14.1. The van der Waals surface area contributed by atoms with E-state index in [4.69, 9.17) is 0 Å². The summed E-state index contributed by atoms with van der Waals surface area (Å²) in [7, 11) is 0. The molecule has 1 aromatic carbocycles. The minimum atomic E-state index is -0.800. The Bertz CT molecular complexity index is 477. The molecule has 2 fully saturated rings. The number of aliphatic hydroxyl groups is 1. The van der Waals surface area contributed by atoms with Gasteiger partial charge in [-0.25, -0.2) is 4.39 Å². The Morgan fingerprint density at radius 3 is 2.22 bits per heavy atom. The molecule has 0 radical (unpaired) electrons. The van der Waals surface area contributed by atoms with Crippen molar-refractivity contribution in [2.75, 3.05) is 19.6 Å². The van der Waals surface area contributed by atoms with Gasteiger partial charge in [0, 0.05) is 6.54 Å². The van der Waals surface area contributed by atoms with Crippen LogP contribution in [-0.4, -0.2) is 29.6 Å². The molecule has 1 aliphatic carbocycles. The molecule has 1 saturated heterocycles. The van der Waals surface area contributed by atoms with Crippen LogP contribution in [0.4, 0.5) is 4.39 Å². The lowest BCUT2D eigenvalue weighted by Gasteiger charge is -2.40. The van der Waals surface area contributed by atoms with Crippen LogP contribution >= 0.6 is 0 Å².